The van der Waals surface area contributed by atoms with Crippen molar-refractivity contribution in [2.75, 3.05) is 7.05 Å². The standard InChI is InChI=1S/C11H11N3O2/c1-13(7-12)6-8-3-4-10-9(5-8)14(2)11(15)16-10/h3-5H,6H2,1-2H3. The van der Waals surface area contributed by atoms with Gasteiger partial charge in [0.05, 0.1) is 12.1 Å². The van der Waals surface area contributed by atoms with E-state index >= 15 is 0 Å². The highest BCUT2D eigenvalue weighted by Crippen LogP contribution is 2.15. The zero-order valence-corrected chi connectivity index (χ0v) is 9.10. The summed E-state index contributed by atoms with van der Waals surface area (Å²) in [6.07, 6.45) is 2.02. The first-order chi connectivity index (χ1) is 7.61. The average Bonchev–Trinajstić information content (AvgIpc) is 2.55. The first-order valence-electron chi connectivity index (χ1n) is 4.81. The van der Waals surface area contributed by atoms with Crippen molar-refractivity contribution in [3.05, 3.63) is 34.3 Å². The summed E-state index contributed by atoms with van der Waals surface area (Å²) in [4.78, 5) is 12.8. The molecule has 82 valence electrons. The summed E-state index contributed by atoms with van der Waals surface area (Å²) < 4.78 is 6.46. The van der Waals surface area contributed by atoms with Crippen LogP contribution in [0, 0.1) is 11.5 Å². The SMILES string of the molecule is CN(C#N)Cc1ccc2oc(=O)n(C)c2c1. The van der Waals surface area contributed by atoms with E-state index in [9.17, 15) is 4.79 Å². The zero-order valence-electron chi connectivity index (χ0n) is 9.10. The van der Waals surface area contributed by atoms with Gasteiger partial charge in [-0.3, -0.25) is 4.57 Å². The summed E-state index contributed by atoms with van der Waals surface area (Å²) in [5.74, 6) is -0.374. The van der Waals surface area contributed by atoms with Crippen LogP contribution in [0.1, 0.15) is 5.56 Å². The number of benzene rings is 1. The normalized spacial score (nSPS) is 10.3. The third-order valence-electron chi connectivity index (χ3n) is 2.45. The summed E-state index contributed by atoms with van der Waals surface area (Å²) in [5, 5.41) is 8.67. The Bertz CT molecular complexity index is 618. The Morgan fingerprint density at radius 3 is 3.00 bits per heavy atom. The maximum absolute atomic E-state index is 11.3. The second-order valence-corrected chi connectivity index (χ2v) is 3.69. The van der Waals surface area contributed by atoms with Gasteiger partial charge in [0.25, 0.3) is 0 Å². The molecule has 0 amide bonds. The molecule has 0 unspecified atom stereocenters. The lowest BCUT2D eigenvalue weighted by Crippen LogP contribution is -2.11. The van der Waals surface area contributed by atoms with E-state index in [1.165, 1.54) is 9.47 Å². The van der Waals surface area contributed by atoms with Crippen LogP contribution >= 0.6 is 0 Å². The van der Waals surface area contributed by atoms with E-state index in [0.29, 0.717) is 12.1 Å². The molecule has 16 heavy (non-hydrogen) atoms. The van der Waals surface area contributed by atoms with Crippen molar-refractivity contribution in [3.8, 4) is 6.19 Å². The number of hydrogen-bond acceptors (Lipinski definition) is 4. The van der Waals surface area contributed by atoms with Crippen molar-refractivity contribution in [1.29, 1.82) is 5.26 Å². The van der Waals surface area contributed by atoms with Crippen molar-refractivity contribution < 1.29 is 4.42 Å². The predicted molar refractivity (Wildman–Crippen MR) is 58.5 cm³/mol. The first kappa shape index (κ1) is 10.3. The van der Waals surface area contributed by atoms with Gasteiger partial charge in [0.1, 0.15) is 0 Å². The molecule has 1 heterocycles. The van der Waals surface area contributed by atoms with E-state index in [-0.39, 0.29) is 5.76 Å². The lowest BCUT2D eigenvalue weighted by molar-refractivity contribution is 0.469. The van der Waals surface area contributed by atoms with Crippen molar-refractivity contribution in [1.82, 2.24) is 9.47 Å². The maximum Gasteiger partial charge on any atom is 0.419 e. The second-order valence-electron chi connectivity index (χ2n) is 3.69. The minimum absolute atomic E-state index is 0.374. The van der Waals surface area contributed by atoms with Crippen LogP contribution in [0.2, 0.25) is 0 Å². The summed E-state index contributed by atoms with van der Waals surface area (Å²) in [5.41, 5.74) is 2.28. The number of nitrogens with zero attached hydrogens (tertiary/aromatic N) is 3. The molecule has 0 N–H and O–H groups in total. The fourth-order valence-electron chi connectivity index (χ4n) is 1.58. The number of hydrogen-bond donors (Lipinski definition) is 0. The van der Waals surface area contributed by atoms with Crippen LogP contribution in [-0.4, -0.2) is 16.5 Å². The molecule has 0 saturated heterocycles. The van der Waals surface area contributed by atoms with Gasteiger partial charge in [-0.2, -0.15) is 5.26 Å². The summed E-state index contributed by atoms with van der Waals surface area (Å²) in [6, 6.07) is 5.45. The Kier molecular flexibility index (Phi) is 2.41. The number of nitriles is 1. The van der Waals surface area contributed by atoms with Gasteiger partial charge < -0.3 is 9.32 Å². The van der Waals surface area contributed by atoms with Crippen molar-refractivity contribution in [3.63, 3.8) is 0 Å². The van der Waals surface area contributed by atoms with E-state index < -0.39 is 0 Å². The minimum atomic E-state index is -0.374. The number of aromatic nitrogens is 1. The molecule has 2 aromatic rings. The molecular weight excluding hydrogens is 206 g/mol. The van der Waals surface area contributed by atoms with Gasteiger partial charge in [-0.25, -0.2) is 4.79 Å². The van der Waals surface area contributed by atoms with Gasteiger partial charge in [-0.05, 0) is 17.7 Å². The Hall–Kier alpha value is -2.22. The third-order valence-corrected chi connectivity index (χ3v) is 2.45. The van der Waals surface area contributed by atoms with Crippen LogP contribution in [-0.2, 0) is 13.6 Å². The van der Waals surface area contributed by atoms with Crippen LogP contribution in [0.4, 0.5) is 0 Å². The van der Waals surface area contributed by atoms with E-state index in [1.54, 1.807) is 20.2 Å². The highest BCUT2D eigenvalue weighted by molar-refractivity contribution is 5.73. The van der Waals surface area contributed by atoms with Crippen molar-refractivity contribution in [2.45, 2.75) is 6.54 Å². The number of rotatable bonds is 2. The molecule has 0 atom stereocenters. The van der Waals surface area contributed by atoms with Crippen LogP contribution in [0.5, 0.6) is 0 Å². The summed E-state index contributed by atoms with van der Waals surface area (Å²) in [6.45, 7) is 0.520. The molecule has 2 rings (SSSR count). The Balaban J connectivity index is 2.48. The Morgan fingerprint density at radius 1 is 1.56 bits per heavy atom. The molecule has 0 radical (unpaired) electrons. The van der Waals surface area contributed by atoms with Crippen molar-refractivity contribution >= 4 is 11.1 Å². The minimum Gasteiger partial charge on any atom is -0.408 e. The molecule has 0 fully saturated rings. The molecule has 0 spiro atoms. The maximum atomic E-state index is 11.3. The Labute approximate surface area is 92.1 Å². The van der Waals surface area contributed by atoms with Gasteiger partial charge in [-0.1, -0.05) is 6.07 Å². The van der Waals surface area contributed by atoms with Crippen LogP contribution in [0.25, 0.3) is 11.1 Å². The Morgan fingerprint density at radius 2 is 2.31 bits per heavy atom. The van der Waals surface area contributed by atoms with E-state index in [0.717, 1.165) is 11.1 Å². The van der Waals surface area contributed by atoms with Crippen LogP contribution in [0.15, 0.2) is 27.4 Å². The van der Waals surface area contributed by atoms with Gasteiger partial charge in [0.15, 0.2) is 11.8 Å². The number of oxazole rings is 1. The third kappa shape index (κ3) is 1.65. The fourth-order valence-corrected chi connectivity index (χ4v) is 1.58. The molecule has 0 aliphatic carbocycles. The largest absolute Gasteiger partial charge is 0.419 e. The molecule has 5 nitrogen and oxygen atoms in total. The van der Waals surface area contributed by atoms with Gasteiger partial charge in [-0.15, -0.1) is 0 Å². The summed E-state index contributed by atoms with van der Waals surface area (Å²) in [7, 11) is 3.37. The van der Waals surface area contributed by atoms with Crippen molar-refractivity contribution in [2.24, 2.45) is 7.05 Å². The molecule has 0 aliphatic rings. The van der Waals surface area contributed by atoms with E-state index in [2.05, 4.69) is 0 Å². The molecule has 1 aromatic heterocycles. The average molecular weight is 217 g/mol. The first-order valence-corrected chi connectivity index (χ1v) is 4.81. The van der Waals surface area contributed by atoms with E-state index in [1.807, 2.05) is 18.3 Å². The quantitative estimate of drug-likeness (QED) is 0.557. The van der Waals surface area contributed by atoms with Gasteiger partial charge >= 0.3 is 5.76 Å². The van der Waals surface area contributed by atoms with Crippen LogP contribution in [0.3, 0.4) is 0 Å². The zero-order chi connectivity index (χ0) is 11.7. The molecule has 0 aliphatic heterocycles. The van der Waals surface area contributed by atoms with E-state index in [4.69, 9.17) is 9.68 Å². The predicted octanol–water partition coefficient (Wildman–Crippen LogP) is 1.04. The fraction of sp³-hybridized carbons (Fsp3) is 0.273. The lowest BCUT2D eigenvalue weighted by Gasteiger charge is -2.08. The lowest BCUT2D eigenvalue weighted by atomic mass is 10.2. The van der Waals surface area contributed by atoms with Crippen LogP contribution < -0.4 is 5.76 Å². The number of fused-ring (bicyclic) bond motifs is 1. The van der Waals surface area contributed by atoms with Gasteiger partial charge in [0.2, 0.25) is 0 Å². The molecule has 1 aromatic carbocycles. The molecule has 0 saturated carbocycles. The molecular formula is C11H11N3O2. The highest BCUT2D eigenvalue weighted by atomic mass is 16.4. The number of aryl methyl sites for hydroxylation is 1. The van der Waals surface area contributed by atoms with Gasteiger partial charge in [0, 0.05) is 14.1 Å². The molecule has 5 heteroatoms. The highest BCUT2D eigenvalue weighted by Gasteiger charge is 2.06. The smallest absolute Gasteiger partial charge is 0.408 e. The monoisotopic (exact) mass is 217 g/mol. The second kappa shape index (κ2) is 3.74. The molecule has 0 bridgehead atoms. The summed E-state index contributed by atoms with van der Waals surface area (Å²) >= 11 is 0. The topological polar surface area (TPSA) is 62.2 Å².